The summed E-state index contributed by atoms with van der Waals surface area (Å²) < 4.78 is 80.7. The maximum absolute atomic E-state index is 13.5. The molecule has 4 aliphatic rings. The molecular weight excluding hydrogens is 1030 g/mol. The van der Waals surface area contributed by atoms with Crippen LogP contribution in [0.25, 0.3) is 11.1 Å². The molecule has 7 heterocycles. The number of anilines is 2. The van der Waals surface area contributed by atoms with Gasteiger partial charge in [0.2, 0.25) is 0 Å². The summed E-state index contributed by atoms with van der Waals surface area (Å²) in [4.78, 5) is 65.5. The number of carbonyl (C=O) groups excluding carboxylic acids is 2. The number of halogens is 6. The highest BCUT2D eigenvalue weighted by atomic mass is 32.1. The van der Waals surface area contributed by atoms with E-state index in [1.54, 1.807) is 6.08 Å². The second-order valence-electron chi connectivity index (χ2n) is 18.7. The Morgan fingerprint density at radius 1 is 0.747 bits per heavy atom. The quantitative estimate of drug-likeness (QED) is 0.0303. The molecule has 75 heavy (non-hydrogen) atoms. The summed E-state index contributed by atoms with van der Waals surface area (Å²) in [6, 6.07) is 17.4. The lowest BCUT2D eigenvalue weighted by atomic mass is 9.78. The third-order valence-corrected chi connectivity index (χ3v) is 13.8. The molecule has 2 saturated heterocycles. The highest BCUT2D eigenvalue weighted by Crippen LogP contribution is 2.41. The number of carbonyl (C=O) groups is 2. The molecule has 2 aliphatic carbocycles. The molecule has 6 N–H and O–H groups in total. The standard InChI is InChI=1S/C26H26F3N5OS.C26H28F3N3O2.CH4N2S.H2S.H/c27-26(28,29)23-19(6-4-12-30-23)16-8-10-17(11-9-16)22-20(24(35)33-25(36)32-22)15-18-5-3-7-21(31-18)34-13-1-2-14-34;1-17(33)22(16-20-6-4-8-23(31-20)32-14-2-3-15-32)24(34)19-11-9-18(10-12-19)21-7-5-13-30-25(21)26(27,28)29;2-1(3)4;;/h3-8,12,17H,1-2,9-11,13-15H2,(H2,32,33,35,36);4-9,13,19,22H,2-3,10-12,14-16H2,1H3;(H4,2,3,4);1H2;/q;;;;-1/p-1/i;;;;1+2. The van der Waals surface area contributed by atoms with Gasteiger partial charge in [0.05, 0.1) is 5.92 Å². The zero-order valence-electron chi connectivity index (χ0n) is 42.2. The van der Waals surface area contributed by atoms with Gasteiger partial charge >= 0.3 is 12.4 Å². The number of H-pyrrole nitrogens is 2. The highest BCUT2D eigenvalue weighted by Gasteiger charge is 2.38. The number of alkyl halides is 6. The highest BCUT2D eigenvalue weighted by molar-refractivity contribution is 7.80. The average molecular weight is 1100 g/mol. The van der Waals surface area contributed by atoms with Crippen LogP contribution in [0.4, 0.5) is 38.0 Å². The number of aromatic amines is 2. The van der Waals surface area contributed by atoms with Crippen LogP contribution in [0.3, 0.4) is 0 Å². The third kappa shape index (κ3) is 15.4. The first-order chi connectivity index (χ1) is 35.3. The number of nitrogens with two attached hydrogens (primary N) is 2. The Balaban J connectivity index is 0.000000256. The lowest BCUT2D eigenvalue weighted by Crippen LogP contribution is -2.31. The van der Waals surface area contributed by atoms with Gasteiger partial charge in [-0.15, -0.1) is 0 Å². The number of hydrogen-bond acceptors (Lipinski definition) is 12. The first kappa shape index (κ1) is 58.0. The molecule has 2 fully saturated rings. The van der Waals surface area contributed by atoms with Gasteiger partial charge in [0, 0.05) is 97.0 Å². The van der Waals surface area contributed by atoms with E-state index in [2.05, 4.69) is 58.4 Å². The Kier molecular flexibility index (Phi) is 20.1. The van der Waals surface area contributed by atoms with Crippen molar-refractivity contribution < 1.29 is 37.4 Å². The predicted molar refractivity (Wildman–Crippen MR) is 289 cm³/mol. The Bertz CT molecular complexity index is 3010. The van der Waals surface area contributed by atoms with Crippen molar-refractivity contribution in [1.82, 2.24) is 29.9 Å². The van der Waals surface area contributed by atoms with E-state index in [-0.39, 0.29) is 65.4 Å². The monoisotopic (exact) mass is 1100 g/mol. The van der Waals surface area contributed by atoms with Gasteiger partial charge in [-0.3, -0.25) is 29.3 Å². The van der Waals surface area contributed by atoms with Crippen molar-refractivity contribution in [2.75, 3.05) is 36.0 Å². The minimum Gasteiger partial charge on any atom is -1.00 e. The first-order valence-corrected chi connectivity index (χ1v) is 25.4. The second-order valence-corrected chi connectivity index (χ2v) is 19.6. The normalized spacial score (nSPS) is 18.0. The fourth-order valence-electron chi connectivity index (χ4n) is 10.0. The minimum atomic E-state index is -4.54. The molecule has 9 rings (SSSR count). The van der Waals surface area contributed by atoms with Gasteiger partial charge in [-0.05, 0) is 143 Å². The van der Waals surface area contributed by atoms with E-state index < -0.39 is 35.6 Å². The van der Waals surface area contributed by atoms with Crippen LogP contribution in [0.2, 0.25) is 0 Å². The molecule has 0 saturated carbocycles. The topological polar surface area (TPSA) is 193 Å². The van der Waals surface area contributed by atoms with Crippen molar-refractivity contribution in [1.29, 1.82) is 0 Å². The number of allylic oxidation sites excluding steroid dienone is 4. The summed E-state index contributed by atoms with van der Waals surface area (Å²) in [5, 5.41) is 0.000000000000000222. The van der Waals surface area contributed by atoms with Gasteiger partial charge in [-0.1, -0.05) is 36.4 Å². The molecule has 0 aromatic carbocycles. The SMILES string of the molecule is CC(=O)C(Cc1cccc(N2CCCC2)n1)C(=O)C1CC=C(c2cccnc2C(F)(F)F)CC1.NC(N)=S.O=c1[nH]c(=S)[nH]c(C2CC=C(c3cccnc3C(F)(F)F)CC2)c1Cc1cccc(N2CCCC2)n1.[3H-].[SH-]. The fraction of sp³-hybridized carbons (Fsp3) is 0.415. The van der Waals surface area contributed by atoms with E-state index in [9.17, 15) is 40.7 Å². The molecule has 0 radical (unpaired) electrons. The molecule has 5 aromatic rings. The molecule has 3 atom stereocenters. The lowest BCUT2D eigenvalue weighted by molar-refractivity contribution is -0.142. The number of Topliss-reactive ketones (excluding diaryl/α,β-unsaturated/α-hetero) is 2. The minimum absolute atomic E-state index is 0. The number of hydrogen-bond donors (Lipinski definition) is 4. The van der Waals surface area contributed by atoms with Gasteiger partial charge in [0.25, 0.3) is 5.56 Å². The van der Waals surface area contributed by atoms with Gasteiger partial charge in [-0.2, -0.15) is 26.3 Å². The summed E-state index contributed by atoms with van der Waals surface area (Å²) in [6.45, 7) is 5.28. The van der Waals surface area contributed by atoms with Gasteiger partial charge < -0.3 is 41.2 Å². The van der Waals surface area contributed by atoms with Crippen LogP contribution in [0.15, 0.2) is 90.0 Å². The smallest absolute Gasteiger partial charge is 0.433 e. The number of nitrogens with one attached hydrogen (secondary N) is 2. The molecule has 13 nitrogen and oxygen atoms in total. The molecule has 402 valence electrons. The van der Waals surface area contributed by atoms with Crippen LogP contribution in [0.5, 0.6) is 0 Å². The second kappa shape index (κ2) is 26.0. The number of pyridine rings is 4. The maximum atomic E-state index is 13.5. The van der Waals surface area contributed by atoms with Crippen molar-refractivity contribution in [3.8, 4) is 0 Å². The molecule has 0 spiro atoms. The summed E-state index contributed by atoms with van der Waals surface area (Å²) in [7, 11) is 0. The van der Waals surface area contributed by atoms with Crippen LogP contribution in [0.1, 0.15) is 124 Å². The molecule has 3 unspecified atom stereocenters. The summed E-state index contributed by atoms with van der Waals surface area (Å²) >= 11 is 9.34. The van der Waals surface area contributed by atoms with E-state index in [4.69, 9.17) is 17.2 Å². The Labute approximate surface area is 449 Å². The van der Waals surface area contributed by atoms with Crippen molar-refractivity contribution >= 4 is 77.4 Å². The van der Waals surface area contributed by atoms with E-state index >= 15 is 0 Å². The summed E-state index contributed by atoms with van der Waals surface area (Å²) in [5.74, 6) is 0.149. The number of thiocarbonyl (C=S) groups is 1. The molecular formula is C53H60F6N10O3S3-2. The first-order valence-electron chi connectivity index (χ1n) is 24.6. The van der Waals surface area contributed by atoms with Crippen molar-refractivity contribution in [2.24, 2.45) is 23.3 Å². The van der Waals surface area contributed by atoms with E-state index in [0.717, 1.165) is 87.3 Å². The largest absolute Gasteiger partial charge is 1.00 e. The molecule has 0 amide bonds. The Morgan fingerprint density at radius 2 is 1.24 bits per heavy atom. The lowest BCUT2D eigenvalue weighted by Gasteiger charge is -2.25. The van der Waals surface area contributed by atoms with Crippen molar-refractivity contribution in [2.45, 2.75) is 102 Å². The zero-order chi connectivity index (χ0) is 53.2. The van der Waals surface area contributed by atoms with E-state index in [1.165, 1.54) is 31.2 Å². The van der Waals surface area contributed by atoms with Crippen LogP contribution in [0, 0.1) is 16.6 Å². The maximum Gasteiger partial charge on any atom is 0.433 e. The van der Waals surface area contributed by atoms with Gasteiger partial charge in [0.1, 0.15) is 23.2 Å². The number of rotatable bonds is 12. The van der Waals surface area contributed by atoms with Crippen LogP contribution in [-0.2, 0) is 48.3 Å². The summed E-state index contributed by atoms with van der Waals surface area (Å²) in [5.41, 5.74) is 11.3. The van der Waals surface area contributed by atoms with Crippen molar-refractivity contribution in [3.63, 3.8) is 0 Å². The zero-order valence-corrected chi connectivity index (χ0v) is 43.8. The number of thiol groups is 1. The Morgan fingerprint density at radius 3 is 1.71 bits per heavy atom. The van der Waals surface area contributed by atoms with Crippen LogP contribution in [-0.4, -0.2) is 72.8 Å². The molecule has 0 bridgehead atoms. The molecule has 22 heteroatoms. The van der Waals surface area contributed by atoms with Crippen molar-refractivity contribution in [3.05, 3.63) is 145 Å². The van der Waals surface area contributed by atoms with E-state index in [1.807, 2.05) is 42.5 Å². The van der Waals surface area contributed by atoms with Gasteiger partial charge in [0.15, 0.2) is 21.3 Å². The number of nitrogens with zero attached hydrogens (tertiary/aromatic N) is 6. The van der Waals surface area contributed by atoms with Gasteiger partial charge in [-0.25, -0.2) is 9.97 Å². The average Bonchev–Trinajstić information content (AvgIpc) is 4.13. The van der Waals surface area contributed by atoms with Crippen LogP contribution >= 0.6 is 24.4 Å². The number of aromatic nitrogens is 6. The molecule has 5 aromatic heterocycles. The molecule has 2 aliphatic heterocycles. The third-order valence-electron chi connectivity index (χ3n) is 13.6. The summed E-state index contributed by atoms with van der Waals surface area (Å²) in [6.07, 6.45) is 4.44. The Hall–Kier alpha value is -6.26. The predicted octanol–water partition coefficient (Wildman–Crippen LogP) is 10.1. The number of ketones is 2. The fourth-order valence-corrected chi connectivity index (χ4v) is 10.2. The van der Waals surface area contributed by atoms with E-state index in [0.29, 0.717) is 67.3 Å². The van der Waals surface area contributed by atoms with Crippen LogP contribution < -0.4 is 26.8 Å².